The third kappa shape index (κ3) is 4.17. The average molecular weight is 344 g/mol. The molecule has 1 saturated heterocycles. The van der Waals surface area contributed by atoms with Crippen LogP contribution in [0, 0.1) is 0 Å². The van der Waals surface area contributed by atoms with Gasteiger partial charge in [-0.15, -0.1) is 0 Å². The first-order valence-electron chi connectivity index (χ1n) is 7.86. The number of benzene rings is 2. The number of methoxy groups -OCH3 is 2. The van der Waals surface area contributed by atoms with Gasteiger partial charge in [0.05, 0.1) is 5.56 Å². The molecule has 0 aromatic heterocycles. The van der Waals surface area contributed by atoms with E-state index in [2.05, 4.69) is 0 Å². The van der Waals surface area contributed by atoms with Crippen LogP contribution in [0.25, 0.3) is 0 Å². The second-order valence-corrected chi connectivity index (χ2v) is 5.51. The molecule has 1 aliphatic rings. The van der Waals surface area contributed by atoms with Crippen molar-refractivity contribution in [3.05, 3.63) is 59.7 Å². The highest BCUT2D eigenvalue weighted by molar-refractivity contribution is 6.03. The summed E-state index contributed by atoms with van der Waals surface area (Å²) in [5.41, 5.74) is 1.42. The van der Waals surface area contributed by atoms with Crippen molar-refractivity contribution >= 4 is 5.78 Å². The molecular weight excluding hydrogens is 324 g/mol. The van der Waals surface area contributed by atoms with Gasteiger partial charge >= 0.3 is 0 Å². The Hall–Kier alpha value is -2.41. The fourth-order valence-electron chi connectivity index (χ4n) is 2.53. The molecule has 0 aliphatic carbocycles. The van der Waals surface area contributed by atoms with Crippen LogP contribution >= 0.6 is 0 Å². The van der Waals surface area contributed by atoms with Crippen LogP contribution in [0.15, 0.2) is 48.5 Å². The highest BCUT2D eigenvalue weighted by Crippen LogP contribution is 2.42. The lowest BCUT2D eigenvalue weighted by atomic mass is 10.0. The van der Waals surface area contributed by atoms with E-state index in [-0.39, 0.29) is 25.5 Å². The Kier molecular flexibility index (Phi) is 5.65. The molecule has 25 heavy (non-hydrogen) atoms. The Balaban J connectivity index is 1.77. The van der Waals surface area contributed by atoms with E-state index in [1.54, 1.807) is 18.2 Å². The second-order valence-electron chi connectivity index (χ2n) is 5.51. The lowest BCUT2D eigenvalue weighted by molar-refractivity contribution is 0.0455. The molecule has 6 nitrogen and oxygen atoms in total. The van der Waals surface area contributed by atoms with E-state index in [4.69, 9.17) is 23.7 Å². The fraction of sp³-hybridized carbons (Fsp3) is 0.316. The van der Waals surface area contributed by atoms with Crippen molar-refractivity contribution in [2.24, 2.45) is 0 Å². The minimum Gasteiger partial charge on any atom is -0.467 e. The van der Waals surface area contributed by atoms with E-state index >= 15 is 0 Å². The van der Waals surface area contributed by atoms with Crippen LogP contribution in [0.1, 0.15) is 22.0 Å². The number of carbonyl (C=O) groups is 1. The maximum Gasteiger partial charge on any atom is 0.198 e. The zero-order chi connectivity index (χ0) is 17.6. The molecule has 2 atom stereocenters. The Bertz CT molecular complexity index is 715. The third-order valence-corrected chi connectivity index (χ3v) is 3.77. The number of hydrogen-bond donors (Lipinski definition) is 0. The molecule has 0 bridgehead atoms. The smallest absolute Gasteiger partial charge is 0.198 e. The summed E-state index contributed by atoms with van der Waals surface area (Å²) in [4.78, 5) is 12.8. The molecule has 6 heteroatoms. The zero-order valence-corrected chi connectivity index (χ0v) is 14.1. The van der Waals surface area contributed by atoms with E-state index in [0.717, 1.165) is 5.56 Å². The Morgan fingerprint density at radius 1 is 1.00 bits per heavy atom. The Morgan fingerprint density at radius 2 is 1.72 bits per heavy atom. The van der Waals surface area contributed by atoms with Crippen LogP contribution in [-0.4, -0.2) is 39.7 Å². The van der Waals surface area contributed by atoms with Gasteiger partial charge in [-0.2, -0.15) is 0 Å². The SMILES string of the molecule is COCOc1ccc(C(=O)C2OC2c2ccccc2)c(OCOC)c1. The van der Waals surface area contributed by atoms with Gasteiger partial charge in [-0.1, -0.05) is 30.3 Å². The van der Waals surface area contributed by atoms with Crippen LogP contribution in [0.2, 0.25) is 0 Å². The summed E-state index contributed by atoms with van der Waals surface area (Å²) in [6, 6.07) is 14.7. The lowest BCUT2D eigenvalue weighted by Crippen LogP contribution is -2.12. The van der Waals surface area contributed by atoms with Crippen LogP contribution in [-0.2, 0) is 14.2 Å². The van der Waals surface area contributed by atoms with Gasteiger partial charge in [0.15, 0.2) is 25.5 Å². The fourth-order valence-corrected chi connectivity index (χ4v) is 2.53. The standard InChI is InChI=1S/C19H20O6/c1-21-11-23-14-8-9-15(16(10-14)24-12-22-2)17(20)19-18(25-19)13-6-4-3-5-7-13/h3-10,18-19H,11-12H2,1-2H3. The number of ketones is 1. The summed E-state index contributed by atoms with van der Waals surface area (Å²) in [6.45, 7) is 0.139. The molecule has 1 aliphatic heterocycles. The summed E-state index contributed by atoms with van der Waals surface area (Å²) >= 11 is 0. The minimum absolute atomic E-state index is 0.0294. The number of Topliss-reactive ketones (excluding diaryl/α,β-unsaturated/α-hetero) is 1. The van der Waals surface area contributed by atoms with Crippen molar-refractivity contribution in [2.45, 2.75) is 12.2 Å². The van der Waals surface area contributed by atoms with Crippen molar-refractivity contribution in [3.63, 3.8) is 0 Å². The predicted octanol–water partition coefficient (Wildman–Crippen LogP) is 2.97. The molecule has 0 amide bonds. The summed E-state index contributed by atoms with van der Waals surface area (Å²) in [5, 5.41) is 0. The number of ether oxygens (including phenoxy) is 5. The second kappa shape index (κ2) is 8.11. The van der Waals surface area contributed by atoms with E-state index in [1.165, 1.54) is 14.2 Å². The maximum absolute atomic E-state index is 12.8. The largest absolute Gasteiger partial charge is 0.467 e. The van der Waals surface area contributed by atoms with Gasteiger partial charge in [-0.3, -0.25) is 4.79 Å². The van der Waals surface area contributed by atoms with Gasteiger partial charge in [-0.05, 0) is 17.7 Å². The zero-order valence-electron chi connectivity index (χ0n) is 14.1. The first-order chi connectivity index (χ1) is 12.2. The first-order valence-corrected chi connectivity index (χ1v) is 7.86. The summed E-state index contributed by atoms with van der Waals surface area (Å²) in [5.74, 6) is 0.807. The van der Waals surface area contributed by atoms with Crippen LogP contribution in [0.3, 0.4) is 0 Å². The quantitative estimate of drug-likeness (QED) is 0.396. The van der Waals surface area contributed by atoms with Gasteiger partial charge in [0.2, 0.25) is 0 Å². The molecule has 0 saturated carbocycles. The normalized spacial score (nSPS) is 18.6. The molecule has 0 radical (unpaired) electrons. The molecule has 0 N–H and O–H groups in total. The van der Waals surface area contributed by atoms with Crippen molar-refractivity contribution in [1.29, 1.82) is 0 Å². The Morgan fingerprint density at radius 3 is 2.44 bits per heavy atom. The summed E-state index contributed by atoms with van der Waals surface area (Å²) in [6.07, 6.45) is -0.716. The van der Waals surface area contributed by atoms with Crippen molar-refractivity contribution in [1.82, 2.24) is 0 Å². The molecule has 2 unspecified atom stereocenters. The molecule has 2 aromatic carbocycles. The van der Waals surface area contributed by atoms with Gasteiger partial charge in [0.1, 0.15) is 17.6 Å². The van der Waals surface area contributed by atoms with Crippen LogP contribution in [0.4, 0.5) is 0 Å². The van der Waals surface area contributed by atoms with Gasteiger partial charge < -0.3 is 23.7 Å². The van der Waals surface area contributed by atoms with Gasteiger partial charge in [0.25, 0.3) is 0 Å². The Labute approximate surface area is 146 Å². The third-order valence-electron chi connectivity index (χ3n) is 3.77. The van der Waals surface area contributed by atoms with Crippen LogP contribution < -0.4 is 9.47 Å². The predicted molar refractivity (Wildman–Crippen MR) is 89.8 cm³/mol. The molecule has 0 spiro atoms. The van der Waals surface area contributed by atoms with E-state index in [9.17, 15) is 4.79 Å². The van der Waals surface area contributed by atoms with Crippen molar-refractivity contribution in [3.8, 4) is 11.5 Å². The number of rotatable bonds is 9. The minimum atomic E-state index is -0.502. The van der Waals surface area contributed by atoms with E-state index < -0.39 is 6.10 Å². The number of carbonyl (C=O) groups excluding carboxylic acids is 1. The van der Waals surface area contributed by atoms with Crippen molar-refractivity contribution < 1.29 is 28.5 Å². The maximum atomic E-state index is 12.8. The topological polar surface area (TPSA) is 66.5 Å². The lowest BCUT2D eigenvalue weighted by Gasteiger charge is -2.12. The summed E-state index contributed by atoms with van der Waals surface area (Å²) in [7, 11) is 3.05. The van der Waals surface area contributed by atoms with Crippen LogP contribution in [0.5, 0.6) is 11.5 Å². The molecular formula is C19H20O6. The van der Waals surface area contributed by atoms with E-state index in [0.29, 0.717) is 17.1 Å². The molecule has 2 aromatic rings. The van der Waals surface area contributed by atoms with Crippen molar-refractivity contribution in [2.75, 3.05) is 27.8 Å². The highest BCUT2D eigenvalue weighted by Gasteiger charge is 2.46. The average Bonchev–Trinajstić information content (AvgIpc) is 3.46. The first kappa shape index (κ1) is 17.4. The van der Waals surface area contributed by atoms with Gasteiger partial charge in [-0.25, -0.2) is 0 Å². The number of hydrogen-bond acceptors (Lipinski definition) is 6. The highest BCUT2D eigenvalue weighted by atomic mass is 16.7. The monoisotopic (exact) mass is 344 g/mol. The molecule has 1 heterocycles. The summed E-state index contributed by atoms with van der Waals surface area (Å²) < 4.78 is 26.3. The molecule has 132 valence electrons. The van der Waals surface area contributed by atoms with E-state index in [1.807, 2.05) is 30.3 Å². The molecule has 1 fully saturated rings. The van der Waals surface area contributed by atoms with Gasteiger partial charge in [0, 0.05) is 20.3 Å². The number of epoxide rings is 1. The molecule has 3 rings (SSSR count).